The van der Waals surface area contributed by atoms with Crippen LogP contribution in [0.5, 0.6) is 0 Å². The van der Waals surface area contributed by atoms with Gasteiger partial charge in [-0.05, 0) is 23.7 Å². The van der Waals surface area contributed by atoms with E-state index < -0.39 is 0 Å². The molecule has 2 aliphatic rings. The van der Waals surface area contributed by atoms with Crippen LogP contribution < -0.4 is 0 Å². The molecule has 2 fully saturated rings. The molecule has 2 rings (SSSR count). The lowest BCUT2D eigenvalue weighted by Gasteiger charge is -2.42. The second-order valence-corrected chi connectivity index (χ2v) is 4.98. The SMILES string of the molecule is C[C@H]1C[C@@H]2[C@H]1C(=O)CC2(C)C. The third-order valence-corrected chi connectivity index (χ3v) is 3.68. The molecule has 0 aromatic carbocycles. The summed E-state index contributed by atoms with van der Waals surface area (Å²) in [5.74, 6) is 2.35. The van der Waals surface area contributed by atoms with Crippen LogP contribution in [0.15, 0.2) is 0 Å². The van der Waals surface area contributed by atoms with E-state index in [0.29, 0.717) is 29.0 Å². The van der Waals surface area contributed by atoms with E-state index in [1.54, 1.807) is 0 Å². The highest BCUT2D eigenvalue weighted by Crippen LogP contribution is 2.57. The molecule has 1 nitrogen and oxygen atoms in total. The number of hydrogen-bond acceptors (Lipinski definition) is 1. The normalized spacial score (nSPS) is 46.8. The van der Waals surface area contributed by atoms with Gasteiger partial charge < -0.3 is 0 Å². The molecule has 1 heteroatoms. The standard InChI is InChI=1S/C10H16O/c1-6-4-7-9(6)8(11)5-10(7,2)3/h6-7,9H,4-5H2,1-3H3/t6-,7+,9-/m0/s1. The van der Waals surface area contributed by atoms with Crippen LogP contribution in [0.1, 0.15) is 33.6 Å². The number of fused-ring (bicyclic) bond motifs is 1. The van der Waals surface area contributed by atoms with Gasteiger partial charge in [-0.1, -0.05) is 20.8 Å². The van der Waals surface area contributed by atoms with Crippen molar-refractivity contribution in [3.05, 3.63) is 0 Å². The Bertz CT molecular complexity index is 205. The summed E-state index contributed by atoms with van der Waals surface area (Å²) in [7, 11) is 0. The minimum Gasteiger partial charge on any atom is -0.299 e. The van der Waals surface area contributed by atoms with Gasteiger partial charge in [-0.25, -0.2) is 0 Å². The summed E-state index contributed by atoms with van der Waals surface area (Å²) in [5, 5.41) is 0. The van der Waals surface area contributed by atoms with E-state index in [1.165, 1.54) is 6.42 Å². The van der Waals surface area contributed by atoms with E-state index in [0.717, 1.165) is 6.42 Å². The zero-order valence-corrected chi connectivity index (χ0v) is 7.55. The number of carbonyl (C=O) groups excluding carboxylic acids is 1. The molecule has 0 aliphatic heterocycles. The van der Waals surface area contributed by atoms with Gasteiger partial charge in [-0.15, -0.1) is 0 Å². The van der Waals surface area contributed by atoms with E-state index in [4.69, 9.17) is 0 Å². The predicted molar refractivity (Wildman–Crippen MR) is 44.2 cm³/mol. The average molecular weight is 152 g/mol. The third-order valence-electron chi connectivity index (χ3n) is 3.68. The molecule has 0 heterocycles. The number of Topliss-reactive ketones (excluding diaryl/α,β-unsaturated/α-hetero) is 1. The maximum atomic E-state index is 11.5. The first-order valence-corrected chi connectivity index (χ1v) is 4.55. The Balaban J connectivity index is 2.23. The van der Waals surface area contributed by atoms with E-state index in [9.17, 15) is 4.79 Å². The lowest BCUT2D eigenvalue weighted by atomic mass is 9.61. The highest BCUT2D eigenvalue weighted by atomic mass is 16.1. The first-order chi connectivity index (χ1) is 5.02. The molecule has 0 N–H and O–H groups in total. The zero-order valence-electron chi connectivity index (χ0n) is 7.55. The lowest BCUT2D eigenvalue weighted by molar-refractivity contribution is -0.125. The van der Waals surface area contributed by atoms with Crippen LogP contribution >= 0.6 is 0 Å². The fourth-order valence-corrected chi connectivity index (χ4v) is 2.94. The van der Waals surface area contributed by atoms with Crippen molar-refractivity contribution in [1.82, 2.24) is 0 Å². The van der Waals surface area contributed by atoms with Gasteiger partial charge in [-0.3, -0.25) is 4.79 Å². The fraction of sp³-hybridized carbons (Fsp3) is 0.900. The van der Waals surface area contributed by atoms with E-state index >= 15 is 0 Å². The Morgan fingerprint density at radius 3 is 2.45 bits per heavy atom. The average Bonchev–Trinajstić information content (AvgIpc) is 1.96. The molecule has 0 radical (unpaired) electrons. The van der Waals surface area contributed by atoms with Crippen molar-refractivity contribution in [1.29, 1.82) is 0 Å². The Morgan fingerprint density at radius 2 is 2.09 bits per heavy atom. The van der Waals surface area contributed by atoms with Crippen LogP contribution in [0.2, 0.25) is 0 Å². The molecule has 62 valence electrons. The quantitative estimate of drug-likeness (QED) is 0.520. The summed E-state index contributed by atoms with van der Waals surface area (Å²) in [4.78, 5) is 11.5. The number of carbonyl (C=O) groups is 1. The van der Waals surface area contributed by atoms with Crippen LogP contribution in [0.3, 0.4) is 0 Å². The Hall–Kier alpha value is -0.330. The predicted octanol–water partition coefficient (Wildman–Crippen LogP) is 2.26. The Morgan fingerprint density at radius 1 is 1.45 bits per heavy atom. The minimum atomic E-state index is 0.314. The summed E-state index contributed by atoms with van der Waals surface area (Å²) in [5.41, 5.74) is 0.314. The fourth-order valence-electron chi connectivity index (χ4n) is 2.94. The van der Waals surface area contributed by atoms with Crippen molar-refractivity contribution in [2.75, 3.05) is 0 Å². The van der Waals surface area contributed by atoms with Crippen LogP contribution in [0.25, 0.3) is 0 Å². The highest BCUT2D eigenvalue weighted by molar-refractivity contribution is 5.86. The van der Waals surface area contributed by atoms with E-state index in [2.05, 4.69) is 20.8 Å². The third kappa shape index (κ3) is 0.800. The van der Waals surface area contributed by atoms with Crippen LogP contribution in [0, 0.1) is 23.2 Å². The van der Waals surface area contributed by atoms with Crippen LogP contribution in [0.4, 0.5) is 0 Å². The molecular weight excluding hydrogens is 136 g/mol. The second kappa shape index (κ2) is 1.88. The Labute approximate surface area is 68.2 Å². The number of rotatable bonds is 0. The number of hydrogen-bond donors (Lipinski definition) is 0. The molecule has 0 amide bonds. The Kier molecular flexibility index (Phi) is 1.25. The smallest absolute Gasteiger partial charge is 0.137 e. The van der Waals surface area contributed by atoms with Gasteiger partial charge in [0.25, 0.3) is 0 Å². The number of ketones is 1. The van der Waals surface area contributed by atoms with Crippen molar-refractivity contribution in [2.45, 2.75) is 33.6 Å². The molecule has 0 bridgehead atoms. The molecule has 0 unspecified atom stereocenters. The van der Waals surface area contributed by atoms with Crippen molar-refractivity contribution in [3.63, 3.8) is 0 Å². The van der Waals surface area contributed by atoms with E-state index in [-0.39, 0.29) is 0 Å². The first kappa shape index (κ1) is 7.33. The second-order valence-electron chi connectivity index (χ2n) is 4.98. The summed E-state index contributed by atoms with van der Waals surface area (Å²) < 4.78 is 0. The van der Waals surface area contributed by atoms with Gasteiger partial charge in [0.15, 0.2) is 0 Å². The van der Waals surface area contributed by atoms with Crippen molar-refractivity contribution >= 4 is 5.78 Å². The van der Waals surface area contributed by atoms with Gasteiger partial charge in [0.1, 0.15) is 5.78 Å². The van der Waals surface area contributed by atoms with Gasteiger partial charge >= 0.3 is 0 Å². The first-order valence-electron chi connectivity index (χ1n) is 4.55. The van der Waals surface area contributed by atoms with Crippen LogP contribution in [-0.4, -0.2) is 5.78 Å². The van der Waals surface area contributed by atoms with Crippen molar-refractivity contribution < 1.29 is 4.79 Å². The maximum absolute atomic E-state index is 11.5. The van der Waals surface area contributed by atoms with Gasteiger partial charge in [0.05, 0.1) is 0 Å². The molecule has 0 aromatic rings. The molecule has 0 spiro atoms. The van der Waals surface area contributed by atoms with Gasteiger partial charge in [0, 0.05) is 12.3 Å². The van der Waals surface area contributed by atoms with Gasteiger partial charge in [-0.2, -0.15) is 0 Å². The lowest BCUT2D eigenvalue weighted by Crippen LogP contribution is -2.39. The molecular formula is C10H16O. The molecule has 0 saturated heterocycles. The summed E-state index contributed by atoms with van der Waals surface area (Å²) in [6.07, 6.45) is 2.11. The summed E-state index contributed by atoms with van der Waals surface area (Å²) in [6.45, 7) is 6.68. The summed E-state index contributed by atoms with van der Waals surface area (Å²) in [6, 6.07) is 0. The summed E-state index contributed by atoms with van der Waals surface area (Å²) >= 11 is 0. The molecule has 0 aromatic heterocycles. The van der Waals surface area contributed by atoms with E-state index in [1.807, 2.05) is 0 Å². The molecule has 2 aliphatic carbocycles. The highest BCUT2D eigenvalue weighted by Gasteiger charge is 2.55. The topological polar surface area (TPSA) is 17.1 Å². The minimum absolute atomic E-state index is 0.314. The zero-order chi connectivity index (χ0) is 8.22. The molecule has 11 heavy (non-hydrogen) atoms. The molecule has 2 saturated carbocycles. The van der Waals surface area contributed by atoms with Crippen molar-refractivity contribution in [3.8, 4) is 0 Å². The van der Waals surface area contributed by atoms with Gasteiger partial charge in [0.2, 0.25) is 0 Å². The monoisotopic (exact) mass is 152 g/mol. The maximum Gasteiger partial charge on any atom is 0.137 e. The van der Waals surface area contributed by atoms with Crippen molar-refractivity contribution in [2.24, 2.45) is 23.2 Å². The molecule has 3 atom stereocenters. The largest absolute Gasteiger partial charge is 0.299 e. The van der Waals surface area contributed by atoms with Crippen LogP contribution in [-0.2, 0) is 4.79 Å².